The molecule has 2 saturated heterocycles. The van der Waals surface area contributed by atoms with Gasteiger partial charge in [0.15, 0.2) is 0 Å². The van der Waals surface area contributed by atoms with Gasteiger partial charge in [-0.15, -0.1) is 0 Å². The largest absolute Gasteiger partial charge is 0.468 e. The number of allylic oxidation sites excluding steroid dienone is 1. The van der Waals surface area contributed by atoms with E-state index < -0.39 is 8.07 Å². The molecule has 0 N–H and O–H groups in total. The third kappa shape index (κ3) is 8.25. The number of hydrogen-bond donors (Lipinski definition) is 0. The summed E-state index contributed by atoms with van der Waals surface area (Å²) in [5.74, 6) is 0.149. The minimum atomic E-state index is -1.20. The van der Waals surface area contributed by atoms with Crippen LogP contribution < -0.4 is 14.5 Å². The number of halogens is 1. The molecule has 2 fully saturated rings. The fourth-order valence-electron chi connectivity index (χ4n) is 8.59. The van der Waals surface area contributed by atoms with Crippen molar-refractivity contribution in [1.29, 1.82) is 0 Å². The number of benzene rings is 2. The molecule has 298 valence electrons. The zero-order chi connectivity index (χ0) is 39.2. The molecule has 0 amide bonds. The van der Waals surface area contributed by atoms with Crippen LogP contribution in [0.1, 0.15) is 49.0 Å². The molecule has 0 radical (unpaired) electrons. The predicted molar refractivity (Wildman–Crippen MR) is 227 cm³/mol. The molecule has 12 heteroatoms. The van der Waals surface area contributed by atoms with Crippen molar-refractivity contribution < 1.29 is 23.7 Å². The summed E-state index contributed by atoms with van der Waals surface area (Å²) in [6, 6.07) is 19.7. The Labute approximate surface area is 337 Å². The molecule has 2 aromatic carbocycles. The number of pyridine rings is 1. The van der Waals surface area contributed by atoms with E-state index >= 15 is 0 Å². The number of methoxy groups -OCH3 is 1. The van der Waals surface area contributed by atoms with Crippen LogP contribution in [0, 0.1) is 5.41 Å². The maximum absolute atomic E-state index is 13.4. The van der Waals surface area contributed by atoms with E-state index in [2.05, 4.69) is 84.6 Å². The summed E-state index contributed by atoms with van der Waals surface area (Å²) >= 11 is 6.27. The van der Waals surface area contributed by atoms with Crippen LogP contribution in [0.3, 0.4) is 0 Å². The minimum Gasteiger partial charge on any atom is -0.468 e. The van der Waals surface area contributed by atoms with E-state index in [9.17, 15) is 4.79 Å². The second-order valence-electron chi connectivity index (χ2n) is 17.9. The van der Waals surface area contributed by atoms with Crippen LogP contribution in [0.4, 0.5) is 17.1 Å². The van der Waals surface area contributed by atoms with Crippen LogP contribution in [-0.2, 0) is 20.9 Å². The topological polar surface area (TPSA) is 81.5 Å². The van der Waals surface area contributed by atoms with Gasteiger partial charge in [0.05, 0.1) is 37.6 Å². The number of hydrogen-bond acceptors (Lipinski definition) is 9. The average Bonchev–Trinajstić information content (AvgIpc) is 3.81. The summed E-state index contributed by atoms with van der Waals surface area (Å²) in [4.78, 5) is 25.7. The lowest BCUT2D eigenvalue weighted by Gasteiger charge is -2.41. The van der Waals surface area contributed by atoms with E-state index in [0.717, 1.165) is 91.3 Å². The van der Waals surface area contributed by atoms with Crippen molar-refractivity contribution in [2.75, 3.05) is 69.5 Å². The Bertz CT molecular complexity index is 2100. The van der Waals surface area contributed by atoms with Crippen molar-refractivity contribution in [2.45, 2.75) is 77.7 Å². The molecule has 4 aromatic rings. The van der Waals surface area contributed by atoms with E-state index in [1.165, 1.54) is 24.7 Å². The number of ether oxygens (including phenoxy) is 4. The minimum absolute atomic E-state index is 0.132. The normalized spacial score (nSPS) is 21.3. The number of fused-ring (bicyclic) bond motifs is 3. The fraction of sp³-hybridized carbons (Fsp3) is 0.500. The molecule has 2 aromatic heterocycles. The monoisotopic (exact) mass is 797 g/mol. The van der Waals surface area contributed by atoms with E-state index in [4.69, 9.17) is 35.5 Å². The summed E-state index contributed by atoms with van der Waals surface area (Å²) < 4.78 is 26.0. The van der Waals surface area contributed by atoms with Crippen molar-refractivity contribution in [3.05, 3.63) is 82.5 Å². The number of carbonyl (C=O) groups is 1. The quantitative estimate of drug-likeness (QED) is 0.0840. The fourth-order valence-corrected chi connectivity index (χ4v) is 9.48. The Morgan fingerprint density at radius 3 is 2.54 bits per heavy atom. The van der Waals surface area contributed by atoms with E-state index in [1.807, 2.05) is 29.0 Å². The van der Waals surface area contributed by atoms with Crippen molar-refractivity contribution >= 4 is 59.3 Å². The van der Waals surface area contributed by atoms with E-state index in [-0.39, 0.29) is 23.5 Å². The molecule has 4 aliphatic rings. The smallest absolute Gasteiger partial charge is 0.339 e. The first-order chi connectivity index (χ1) is 26.9. The number of aromatic nitrogens is 2. The third-order valence-electron chi connectivity index (χ3n) is 11.9. The molecule has 0 spiro atoms. The van der Waals surface area contributed by atoms with Gasteiger partial charge in [-0.1, -0.05) is 62.8 Å². The van der Waals surface area contributed by atoms with Crippen molar-refractivity contribution in [3.8, 4) is 5.88 Å². The highest BCUT2D eigenvalue weighted by molar-refractivity contribution is 6.76. The first kappa shape index (κ1) is 39.0. The second-order valence-corrected chi connectivity index (χ2v) is 23.9. The van der Waals surface area contributed by atoms with Gasteiger partial charge in [0.1, 0.15) is 24.2 Å². The summed E-state index contributed by atoms with van der Waals surface area (Å²) in [5, 5.41) is 1.75. The Morgan fingerprint density at radius 1 is 1.00 bits per heavy atom. The van der Waals surface area contributed by atoms with Gasteiger partial charge < -0.3 is 33.3 Å². The van der Waals surface area contributed by atoms with Gasteiger partial charge in [0, 0.05) is 69.7 Å². The predicted octanol–water partition coefficient (Wildman–Crippen LogP) is 8.87. The highest BCUT2D eigenvalue weighted by Crippen LogP contribution is 2.46. The summed E-state index contributed by atoms with van der Waals surface area (Å²) in [6.45, 7) is 18.6. The Kier molecular flexibility index (Phi) is 11.0. The molecule has 0 unspecified atom stereocenters. The number of carbonyl (C=O) groups excluding carboxylic acids is 1. The van der Waals surface area contributed by atoms with Crippen molar-refractivity contribution in [3.63, 3.8) is 0 Å². The van der Waals surface area contributed by atoms with Crippen LogP contribution in [0.25, 0.3) is 16.6 Å². The molecular weight excluding hydrogens is 742 g/mol. The maximum atomic E-state index is 13.4. The Morgan fingerprint density at radius 2 is 1.79 bits per heavy atom. The standard InChI is InChI=1S/C44H56ClN5O5Si/c1-44(2)15-13-32(36(25-44)30-7-9-33(45)10-8-30)26-47-17-19-48(20-18-47)34-11-12-35(43(51)52-3)37(24-34)50-38-23-31-14-16-49(29-53-21-22-56(4,5)6)41(31)46-42(38)55-40-28-54-27-39(40)50/h7-12,14,16,23-24,39-40H,13,15,17-22,25-29H2,1-6H3/t39-,40-/m1/s1. The molecule has 3 aliphatic heterocycles. The number of anilines is 3. The molecule has 2 atom stereocenters. The van der Waals surface area contributed by atoms with Crippen LogP contribution in [0.15, 0.2) is 66.4 Å². The molecule has 0 bridgehead atoms. The molecule has 1 aliphatic carbocycles. The Hall–Kier alpha value is -3.87. The molecule has 8 rings (SSSR count). The van der Waals surface area contributed by atoms with E-state index in [1.54, 1.807) is 5.57 Å². The van der Waals surface area contributed by atoms with Gasteiger partial charge >= 0.3 is 5.97 Å². The van der Waals surface area contributed by atoms with Crippen LogP contribution in [0.2, 0.25) is 30.7 Å². The molecule has 10 nitrogen and oxygen atoms in total. The Balaban J connectivity index is 1.05. The first-order valence-electron chi connectivity index (χ1n) is 20.1. The van der Waals surface area contributed by atoms with Gasteiger partial charge in [0.25, 0.3) is 0 Å². The zero-order valence-electron chi connectivity index (χ0n) is 33.8. The first-order valence-corrected chi connectivity index (χ1v) is 24.2. The summed E-state index contributed by atoms with van der Waals surface area (Å²) in [7, 11) is 0.243. The highest BCUT2D eigenvalue weighted by Gasteiger charge is 2.43. The van der Waals surface area contributed by atoms with Crippen molar-refractivity contribution in [2.24, 2.45) is 5.41 Å². The SMILES string of the molecule is COC(=O)c1ccc(N2CCN(CC3=C(c4ccc(Cl)cc4)CC(C)(C)CC3)CC2)cc1N1c2cc3ccn(COCC[Si](C)(C)C)c3nc2O[C@@H]2COC[C@H]21. The molecule has 5 heterocycles. The molecule has 56 heavy (non-hydrogen) atoms. The van der Waals surface area contributed by atoms with Gasteiger partial charge in [0.2, 0.25) is 5.88 Å². The number of nitrogens with zero attached hydrogens (tertiary/aromatic N) is 5. The molecular formula is C44H56ClN5O5Si. The highest BCUT2D eigenvalue weighted by atomic mass is 35.5. The summed E-state index contributed by atoms with van der Waals surface area (Å²) in [5.41, 5.74) is 8.59. The number of esters is 1. The van der Waals surface area contributed by atoms with Gasteiger partial charge in [-0.05, 0) is 84.3 Å². The van der Waals surface area contributed by atoms with Gasteiger partial charge in [-0.25, -0.2) is 4.79 Å². The summed E-state index contributed by atoms with van der Waals surface area (Å²) in [6.07, 6.45) is 5.19. The zero-order valence-corrected chi connectivity index (χ0v) is 35.5. The van der Waals surface area contributed by atoms with Crippen LogP contribution >= 0.6 is 11.6 Å². The third-order valence-corrected chi connectivity index (χ3v) is 13.9. The number of piperazine rings is 1. The number of rotatable bonds is 11. The molecule has 0 saturated carbocycles. The van der Waals surface area contributed by atoms with Crippen LogP contribution in [-0.4, -0.2) is 100 Å². The van der Waals surface area contributed by atoms with Gasteiger partial charge in [-0.3, -0.25) is 4.90 Å². The second kappa shape index (κ2) is 15.8. The maximum Gasteiger partial charge on any atom is 0.339 e. The lowest BCUT2D eigenvalue weighted by molar-refractivity contribution is 0.0601. The van der Waals surface area contributed by atoms with Crippen LogP contribution in [0.5, 0.6) is 5.88 Å². The van der Waals surface area contributed by atoms with Gasteiger partial charge in [-0.2, -0.15) is 4.98 Å². The van der Waals surface area contributed by atoms with E-state index in [0.29, 0.717) is 31.4 Å². The lowest BCUT2D eigenvalue weighted by atomic mass is 9.72. The van der Waals surface area contributed by atoms with Crippen molar-refractivity contribution in [1.82, 2.24) is 14.5 Å². The average molecular weight is 799 g/mol. The lowest BCUT2D eigenvalue weighted by Crippen LogP contribution is -2.48.